The summed E-state index contributed by atoms with van der Waals surface area (Å²) in [5.74, 6) is 0.836. The zero-order valence-electron chi connectivity index (χ0n) is 9.53. The maximum absolute atomic E-state index is 3.85. The van der Waals surface area contributed by atoms with Crippen LogP contribution in [0.25, 0.3) is 0 Å². The molecule has 13 heavy (non-hydrogen) atoms. The molecule has 0 aromatic rings. The molecule has 0 bridgehead atoms. The summed E-state index contributed by atoms with van der Waals surface area (Å²) in [4.78, 5) is 0. The molecule has 0 amide bonds. The predicted octanol–water partition coefficient (Wildman–Crippen LogP) is 3.72. The van der Waals surface area contributed by atoms with Crippen LogP contribution in [0.3, 0.4) is 0 Å². The van der Waals surface area contributed by atoms with Gasteiger partial charge < -0.3 is 5.32 Å². The van der Waals surface area contributed by atoms with Crippen LogP contribution < -0.4 is 5.32 Å². The smallest absolute Gasteiger partial charge is 0.0171 e. The van der Waals surface area contributed by atoms with E-state index in [1.54, 1.807) is 0 Å². The van der Waals surface area contributed by atoms with Gasteiger partial charge in [0.2, 0.25) is 0 Å². The Bertz CT molecular complexity index is 129. The zero-order valence-corrected chi connectivity index (χ0v) is 9.53. The normalized spacial score (nSPS) is 12.5. The molecule has 0 saturated heterocycles. The van der Waals surface area contributed by atoms with Crippen LogP contribution in [0.4, 0.5) is 0 Å². The first-order valence-corrected chi connectivity index (χ1v) is 5.60. The van der Waals surface area contributed by atoms with E-state index in [2.05, 4.69) is 25.7 Å². The molecule has 78 valence electrons. The highest BCUT2D eigenvalue weighted by molar-refractivity contribution is 4.84. The predicted molar refractivity (Wildman–Crippen MR) is 60.7 cm³/mol. The van der Waals surface area contributed by atoms with Gasteiger partial charge >= 0.3 is 0 Å². The van der Waals surface area contributed by atoms with Gasteiger partial charge in [-0.2, -0.15) is 0 Å². The molecule has 1 unspecified atom stereocenters. The van der Waals surface area contributed by atoms with Crippen molar-refractivity contribution in [2.24, 2.45) is 5.92 Å². The third-order valence-corrected chi connectivity index (χ3v) is 2.49. The van der Waals surface area contributed by atoms with Gasteiger partial charge in [-0.1, -0.05) is 46.1 Å². The topological polar surface area (TPSA) is 12.0 Å². The van der Waals surface area contributed by atoms with Crippen molar-refractivity contribution in [2.75, 3.05) is 6.54 Å². The van der Waals surface area contributed by atoms with E-state index >= 15 is 0 Å². The van der Waals surface area contributed by atoms with E-state index in [1.807, 2.05) is 6.92 Å². The van der Waals surface area contributed by atoms with Crippen LogP contribution in [0.1, 0.15) is 52.9 Å². The Balaban J connectivity index is 3.45. The van der Waals surface area contributed by atoms with Crippen LogP contribution in [0.5, 0.6) is 0 Å². The summed E-state index contributed by atoms with van der Waals surface area (Å²) in [7, 11) is 0. The van der Waals surface area contributed by atoms with E-state index in [1.165, 1.54) is 32.1 Å². The standard InChI is InChI=1S/C12H25N/c1-5-7-8-9-12(6-2)10-13-11(3)4/h12-13H,3,5-10H2,1-2,4H3. The van der Waals surface area contributed by atoms with Crippen molar-refractivity contribution >= 4 is 0 Å². The second kappa shape index (κ2) is 8.15. The highest BCUT2D eigenvalue weighted by Crippen LogP contribution is 2.12. The summed E-state index contributed by atoms with van der Waals surface area (Å²) in [5, 5.41) is 3.33. The fourth-order valence-corrected chi connectivity index (χ4v) is 1.45. The molecule has 0 radical (unpaired) electrons. The maximum Gasteiger partial charge on any atom is 0.0171 e. The Morgan fingerprint density at radius 1 is 1.31 bits per heavy atom. The minimum atomic E-state index is 0.836. The van der Waals surface area contributed by atoms with E-state index in [0.29, 0.717) is 0 Å². The average molecular weight is 183 g/mol. The van der Waals surface area contributed by atoms with E-state index in [-0.39, 0.29) is 0 Å². The molecule has 0 rings (SSSR count). The van der Waals surface area contributed by atoms with Crippen molar-refractivity contribution in [3.63, 3.8) is 0 Å². The third kappa shape index (κ3) is 7.89. The molecule has 0 aliphatic heterocycles. The largest absolute Gasteiger partial charge is 0.389 e. The van der Waals surface area contributed by atoms with Crippen LogP contribution in [-0.2, 0) is 0 Å². The van der Waals surface area contributed by atoms with Crippen LogP contribution in [-0.4, -0.2) is 6.54 Å². The summed E-state index contributed by atoms with van der Waals surface area (Å²) in [5.41, 5.74) is 1.09. The van der Waals surface area contributed by atoms with Gasteiger partial charge in [-0.3, -0.25) is 0 Å². The first kappa shape index (κ1) is 12.5. The Morgan fingerprint density at radius 2 is 2.00 bits per heavy atom. The van der Waals surface area contributed by atoms with Gasteiger partial charge in [0, 0.05) is 12.2 Å². The minimum absolute atomic E-state index is 0.836. The van der Waals surface area contributed by atoms with Crippen LogP contribution >= 0.6 is 0 Å². The molecule has 1 N–H and O–H groups in total. The van der Waals surface area contributed by atoms with Gasteiger partial charge in [0.05, 0.1) is 0 Å². The molecule has 0 saturated carbocycles. The molecule has 1 heteroatoms. The van der Waals surface area contributed by atoms with Crippen LogP contribution in [0, 0.1) is 5.92 Å². The van der Waals surface area contributed by atoms with Gasteiger partial charge in [-0.15, -0.1) is 0 Å². The van der Waals surface area contributed by atoms with Crippen LogP contribution in [0.2, 0.25) is 0 Å². The number of rotatable bonds is 8. The number of hydrogen-bond donors (Lipinski definition) is 1. The van der Waals surface area contributed by atoms with Crippen molar-refractivity contribution in [1.29, 1.82) is 0 Å². The molecule has 0 aliphatic carbocycles. The number of nitrogens with one attached hydrogen (secondary N) is 1. The summed E-state index contributed by atoms with van der Waals surface area (Å²) in [6.07, 6.45) is 6.73. The molecule has 0 spiro atoms. The number of hydrogen-bond acceptors (Lipinski definition) is 1. The molecule has 0 aromatic heterocycles. The van der Waals surface area contributed by atoms with E-state index in [9.17, 15) is 0 Å². The highest BCUT2D eigenvalue weighted by atomic mass is 14.9. The fraction of sp³-hybridized carbons (Fsp3) is 0.833. The highest BCUT2D eigenvalue weighted by Gasteiger charge is 2.04. The minimum Gasteiger partial charge on any atom is -0.389 e. The average Bonchev–Trinajstić information content (AvgIpc) is 2.10. The Hall–Kier alpha value is -0.460. The first-order valence-electron chi connectivity index (χ1n) is 5.60. The molecule has 1 atom stereocenters. The lowest BCUT2D eigenvalue weighted by molar-refractivity contribution is 0.430. The molecule has 1 nitrogen and oxygen atoms in total. The van der Waals surface area contributed by atoms with E-state index < -0.39 is 0 Å². The Labute approximate surface area is 83.6 Å². The summed E-state index contributed by atoms with van der Waals surface area (Å²) in [6, 6.07) is 0. The van der Waals surface area contributed by atoms with Gasteiger partial charge in [-0.05, 0) is 19.3 Å². The van der Waals surface area contributed by atoms with Crippen molar-refractivity contribution in [1.82, 2.24) is 5.32 Å². The molecule has 0 heterocycles. The zero-order chi connectivity index (χ0) is 10.1. The monoisotopic (exact) mass is 183 g/mol. The summed E-state index contributed by atoms with van der Waals surface area (Å²) < 4.78 is 0. The third-order valence-electron chi connectivity index (χ3n) is 2.49. The van der Waals surface area contributed by atoms with Crippen molar-refractivity contribution in [2.45, 2.75) is 52.9 Å². The lowest BCUT2D eigenvalue weighted by Gasteiger charge is -2.15. The lowest BCUT2D eigenvalue weighted by atomic mass is 9.98. The van der Waals surface area contributed by atoms with Crippen molar-refractivity contribution in [3.05, 3.63) is 12.3 Å². The Morgan fingerprint density at radius 3 is 2.46 bits per heavy atom. The number of allylic oxidation sites excluding steroid dienone is 1. The molecule has 0 fully saturated rings. The first-order chi connectivity index (χ1) is 6.20. The van der Waals surface area contributed by atoms with E-state index in [0.717, 1.165) is 18.2 Å². The molecular weight excluding hydrogens is 158 g/mol. The second-order valence-electron chi connectivity index (χ2n) is 3.93. The van der Waals surface area contributed by atoms with Gasteiger partial charge in [0.1, 0.15) is 0 Å². The lowest BCUT2D eigenvalue weighted by Crippen LogP contribution is -2.20. The molecule has 0 aliphatic rings. The summed E-state index contributed by atoms with van der Waals surface area (Å²) in [6.45, 7) is 11.5. The van der Waals surface area contributed by atoms with Gasteiger partial charge in [-0.25, -0.2) is 0 Å². The van der Waals surface area contributed by atoms with Crippen molar-refractivity contribution < 1.29 is 0 Å². The molecule has 0 aromatic carbocycles. The van der Waals surface area contributed by atoms with Gasteiger partial charge in [0.25, 0.3) is 0 Å². The molecular formula is C12H25N. The van der Waals surface area contributed by atoms with Crippen LogP contribution in [0.15, 0.2) is 12.3 Å². The van der Waals surface area contributed by atoms with Crippen molar-refractivity contribution in [3.8, 4) is 0 Å². The summed E-state index contributed by atoms with van der Waals surface area (Å²) >= 11 is 0. The fourth-order valence-electron chi connectivity index (χ4n) is 1.45. The number of unbranched alkanes of at least 4 members (excludes halogenated alkanes) is 2. The maximum atomic E-state index is 3.85. The Kier molecular flexibility index (Phi) is 7.86. The quantitative estimate of drug-likeness (QED) is 0.566. The van der Waals surface area contributed by atoms with Gasteiger partial charge in [0.15, 0.2) is 0 Å². The SMILES string of the molecule is C=C(C)NCC(CC)CCCCC. The second-order valence-corrected chi connectivity index (χ2v) is 3.93. The van der Waals surface area contributed by atoms with E-state index in [4.69, 9.17) is 0 Å².